The van der Waals surface area contributed by atoms with Crippen molar-refractivity contribution in [2.75, 3.05) is 23.9 Å². The molecule has 1 aliphatic heterocycles. The molecule has 5 nitrogen and oxygen atoms in total. The molecule has 3 rings (SSSR count). The zero-order valence-electron chi connectivity index (χ0n) is 14.9. The van der Waals surface area contributed by atoms with Gasteiger partial charge in [0.05, 0.1) is 11.3 Å². The van der Waals surface area contributed by atoms with Crippen molar-refractivity contribution in [1.29, 1.82) is 0 Å². The molecule has 0 saturated heterocycles. The lowest BCUT2D eigenvalue weighted by Gasteiger charge is -2.27. The van der Waals surface area contributed by atoms with Gasteiger partial charge >= 0.3 is 0 Å². The first kappa shape index (κ1) is 17.0. The van der Waals surface area contributed by atoms with Crippen LogP contribution in [-0.4, -0.2) is 25.5 Å². The summed E-state index contributed by atoms with van der Waals surface area (Å²) in [7, 11) is 1.68. The molecule has 2 aromatic carbocycles. The van der Waals surface area contributed by atoms with E-state index in [1.165, 1.54) is 4.90 Å². The van der Waals surface area contributed by atoms with E-state index in [-0.39, 0.29) is 23.8 Å². The third kappa shape index (κ3) is 3.22. The number of amides is 2. The first-order valence-electron chi connectivity index (χ1n) is 8.22. The number of rotatable bonds is 2. The molecule has 0 aliphatic carbocycles. The largest absolute Gasteiger partial charge is 0.481 e. The maximum atomic E-state index is 12.9. The summed E-state index contributed by atoms with van der Waals surface area (Å²) in [5.41, 5.74) is 2.76. The summed E-state index contributed by atoms with van der Waals surface area (Å²) in [5.74, 6) is 0.0507. The van der Waals surface area contributed by atoms with Gasteiger partial charge in [0.25, 0.3) is 11.8 Å². The van der Waals surface area contributed by atoms with E-state index in [1.54, 1.807) is 25.2 Å². The number of hydrogen-bond donors (Lipinski definition) is 1. The monoisotopic (exact) mass is 338 g/mol. The number of fused-ring (bicyclic) bond motifs is 1. The molecule has 2 aromatic rings. The molecule has 0 radical (unpaired) electrons. The topological polar surface area (TPSA) is 58.6 Å². The van der Waals surface area contributed by atoms with Crippen molar-refractivity contribution in [3.05, 3.63) is 53.6 Å². The molecule has 130 valence electrons. The third-order valence-corrected chi connectivity index (χ3v) is 4.30. The van der Waals surface area contributed by atoms with Gasteiger partial charge in [0.15, 0.2) is 12.4 Å². The Kier molecular flexibility index (Phi) is 4.25. The second kappa shape index (κ2) is 6.24. The standard InChI is InChI=1S/C20H22N2O3/c1-20(2,3)14-9-5-6-10-15(14)21-19(24)13-8-7-11-16-18(13)25-12-17(23)22(16)4/h5-11H,12H2,1-4H3,(H,21,24). The van der Waals surface area contributed by atoms with Gasteiger partial charge in [-0.3, -0.25) is 9.59 Å². The van der Waals surface area contributed by atoms with Crippen LogP contribution in [0.1, 0.15) is 36.7 Å². The first-order chi connectivity index (χ1) is 11.8. The third-order valence-electron chi connectivity index (χ3n) is 4.30. The lowest BCUT2D eigenvalue weighted by atomic mass is 9.86. The van der Waals surface area contributed by atoms with Gasteiger partial charge in [-0.2, -0.15) is 0 Å². The summed E-state index contributed by atoms with van der Waals surface area (Å²) < 4.78 is 5.54. The van der Waals surface area contributed by atoms with Crippen molar-refractivity contribution in [3.8, 4) is 5.75 Å². The van der Waals surface area contributed by atoms with Crippen molar-refractivity contribution in [1.82, 2.24) is 0 Å². The smallest absolute Gasteiger partial charge is 0.264 e. The van der Waals surface area contributed by atoms with E-state index in [4.69, 9.17) is 4.74 Å². The molecule has 1 heterocycles. The molecule has 0 bridgehead atoms. The van der Waals surface area contributed by atoms with Gasteiger partial charge in [-0.25, -0.2) is 0 Å². The first-order valence-corrected chi connectivity index (χ1v) is 8.22. The lowest BCUT2D eigenvalue weighted by Crippen LogP contribution is -2.36. The van der Waals surface area contributed by atoms with Gasteiger partial charge in [0, 0.05) is 12.7 Å². The fourth-order valence-electron chi connectivity index (χ4n) is 2.92. The Hall–Kier alpha value is -2.82. The number of nitrogens with zero attached hydrogens (tertiary/aromatic N) is 1. The van der Waals surface area contributed by atoms with Crippen LogP contribution in [0.4, 0.5) is 11.4 Å². The van der Waals surface area contributed by atoms with E-state index in [1.807, 2.05) is 24.3 Å². The van der Waals surface area contributed by atoms with E-state index < -0.39 is 0 Å². The molecular formula is C20H22N2O3. The van der Waals surface area contributed by atoms with E-state index >= 15 is 0 Å². The Morgan fingerprint density at radius 3 is 2.56 bits per heavy atom. The Morgan fingerprint density at radius 2 is 1.84 bits per heavy atom. The quantitative estimate of drug-likeness (QED) is 0.910. The Labute approximate surface area is 147 Å². The molecule has 0 fully saturated rings. The van der Waals surface area contributed by atoms with Gasteiger partial charge in [-0.05, 0) is 29.2 Å². The highest BCUT2D eigenvalue weighted by atomic mass is 16.5. The minimum absolute atomic E-state index is 0.0631. The fraction of sp³-hybridized carbons (Fsp3) is 0.300. The number of likely N-dealkylation sites (N-methyl/N-ethyl adjacent to an activating group) is 1. The van der Waals surface area contributed by atoms with Crippen LogP contribution in [0.3, 0.4) is 0 Å². The maximum absolute atomic E-state index is 12.9. The van der Waals surface area contributed by atoms with Crippen molar-refractivity contribution in [2.45, 2.75) is 26.2 Å². The number of anilines is 2. The molecule has 0 spiro atoms. The summed E-state index contributed by atoms with van der Waals surface area (Å²) in [6, 6.07) is 13.0. The van der Waals surface area contributed by atoms with Crippen LogP contribution in [0, 0.1) is 0 Å². The van der Waals surface area contributed by atoms with Gasteiger partial charge in [-0.1, -0.05) is 45.0 Å². The molecule has 1 N–H and O–H groups in total. The predicted octanol–water partition coefficient (Wildman–Crippen LogP) is 3.59. The van der Waals surface area contributed by atoms with Gasteiger partial charge in [-0.15, -0.1) is 0 Å². The van der Waals surface area contributed by atoms with Crippen molar-refractivity contribution >= 4 is 23.2 Å². The number of para-hydroxylation sites is 2. The average molecular weight is 338 g/mol. The average Bonchev–Trinajstić information content (AvgIpc) is 2.57. The van der Waals surface area contributed by atoms with Gasteiger partial charge in [0.2, 0.25) is 0 Å². The SMILES string of the molecule is CN1C(=O)COc2c(C(=O)Nc3ccccc3C(C)(C)C)cccc21. The molecule has 1 aliphatic rings. The highest BCUT2D eigenvalue weighted by Gasteiger charge is 2.27. The number of nitrogens with one attached hydrogen (secondary N) is 1. The molecule has 2 amide bonds. The van der Waals surface area contributed by atoms with Crippen LogP contribution in [0.15, 0.2) is 42.5 Å². The molecule has 0 aromatic heterocycles. The zero-order valence-corrected chi connectivity index (χ0v) is 14.9. The number of ether oxygens (including phenoxy) is 1. The highest BCUT2D eigenvalue weighted by Crippen LogP contribution is 2.35. The summed E-state index contributed by atoms with van der Waals surface area (Å²) in [6.45, 7) is 6.25. The number of benzene rings is 2. The fourth-order valence-corrected chi connectivity index (χ4v) is 2.92. The van der Waals surface area contributed by atoms with E-state index in [0.29, 0.717) is 17.0 Å². The minimum Gasteiger partial charge on any atom is -0.481 e. The Balaban J connectivity index is 1.96. The molecule has 0 atom stereocenters. The zero-order chi connectivity index (χ0) is 18.2. The van der Waals surface area contributed by atoms with Gasteiger partial charge in [0.1, 0.15) is 0 Å². The number of carbonyl (C=O) groups is 2. The normalized spacial score (nSPS) is 13.9. The summed E-state index contributed by atoms with van der Waals surface area (Å²) in [4.78, 5) is 26.2. The van der Waals surface area contributed by atoms with Crippen molar-refractivity contribution in [3.63, 3.8) is 0 Å². The van der Waals surface area contributed by atoms with Crippen LogP contribution in [-0.2, 0) is 10.2 Å². The number of hydrogen-bond acceptors (Lipinski definition) is 3. The highest BCUT2D eigenvalue weighted by molar-refractivity contribution is 6.09. The summed E-state index contributed by atoms with van der Waals surface area (Å²) in [5, 5.41) is 2.99. The summed E-state index contributed by atoms with van der Waals surface area (Å²) in [6.07, 6.45) is 0. The Bertz CT molecular complexity index is 837. The second-order valence-corrected chi connectivity index (χ2v) is 7.14. The van der Waals surface area contributed by atoms with Crippen LogP contribution in [0.5, 0.6) is 5.75 Å². The predicted molar refractivity (Wildman–Crippen MR) is 98.4 cm³/mol. The van der Waals surface area contributed by atoms with E-state index in [2.05, 4.69) is 26.1 Å². The number of carbonyl (C=O) groups excluding carboxylic acids is 2. The van der Waals surface area contributed by atoms with Crippen LogP contribution < -0.4 is 15.0 Å². The lowest BCUT2D eigenvalue weighted by molar-refractivity contribution is -0.121. The molecule has 25 heavy (non-hydrogen) atoms. The van der Waals surface area contributed by atoms with E-state index in [9.17, 15) is 9.59 Å². The summed E-state index contributed by atoms with van der Waals surface area (Å²) >= 11 is 0. The van der Waals surface area contributed by atoms with Crippen molar-refractivity contribution in [2.24, 2.45) is 0 Å². The maximum Gasteiger partial charge on any atom is 0.264 e. The second-order valence-electron chi connectivity index (χ2n) is 7.14. The molecule has 0 saturated carbocycles. The molecule has 5 heteroatoms. The van der Waals surface area contributed by atoms with Crippen molar-refractivity contribution < 1.29 is 14.3 Å². The molecule has 0 unspecified atom stereocenters. The van der Waals surface area contributed by atoms with Crippen LogP contribution in [0.2, 0.25) is 0 Å². The van der Waals surface area contributed by atoms with Crippen LogP contribution in [0.25, 0.3) is 0 Å². The van der Waals surface area contributed by atoms with Gasteiger partial charge < -0.3 is 15.0 Å². The van der Waals surface area contributed by atoms with E-state index in [0.717, 1.165) is 11.3 Å². The molecular weight excluding hydrogens is 316 g/mol. The van der Waals surface area contributed by atoms with Crippen LogP contribution >= 0.6 is 0 Å². The minimum atomic E-state index is -0.253. The Morgan fingerprint density at radius 1 is 1.12 bits per heavy atom.